The summed E-state index contributed by atoms with van der Waals surface area (Å²) >= 11 is 0. The van der Waals surface area contributed by atoms with Crippen LogP contribution in [0.2, 0.25) is 0 Å². The van der Waals surface area contributed by atoms with E-state index in [1.165, 1.54) is 0 Å². The predicted molar refractivity (Wildman–Crippen MR) is 136 cm³/mol. The molecule has 0 aliphatic carbocycles. The number of aromatic nitrogens is 1. The number of nitrogens with one attached hydrogen (secondary N) is 1. The minimum atomic E-state index is -0.00435. The number of pyridine rings is 1. The smallest absolute Gasteiger partial charge is 0.252 e. The summed E-state index contributed by atoms with van der Waals surface area (Å²) in [5, 5.41) is 4.10. The molecule has 174 valence electrons. The van der Waals surface area contributed by atoms with Crippen LogP contribution in [0, 0.1) is 5.92 Å². The van der Waals surface area contributed by atoms with E-state index in [4.69, 9.17) is 4.98 Å². The van der Waals surface area contributed by atoms with Gasteiger partial charge in [-0.1, -0.05) is 62.4 Å². The molecule has 1 fully saturated rings. The average Bonchev–Trinajstić information content (AvgIpc) is 2.83. The first kappa shape index (κ1) is 23.4. The molecule has 0 unspecified atom stereocenters. The molecule has 0 atom stereocenters. The summed E-state index contributed by atoms with van der Waals surface area (Å²) < 4.78 is 0. The van der Waals surface area contributed by atoms with Gasteiger partial charge in [0.15, 0.2) is 0 Å². The molecule has 2 aromatic carbocycles. The molecule has 1 saturated heterocycles. The Kier molecular flexibility index (Phi) is 7.41. The maximum atomic E-state index is 13.6. The van der Waals surface area contributed by atoms with Crippen molar-refractivity contribution in [3.8, 4) is 11.3 Å². The van der Waals surface area contributed by atoms with Crippen LogP contribution in [0.4, 0.5) is 0 Å². The van der Waals surface area contributed by atoms with E-state index in [0.717, 1.165) is 66.0 Å². The maximum Gasteiger partial charge on any atom is 0.252 e. The monoisotopic (exact) mass is 444 g/mol. The topological polar surface area (TPSA) is 48.5 Å². The lowest BCUT2D eigenvalue weighted by atomic mass is 9.95. The van der Waals surface area contributed by atoms with Crippen molar-refractivity contribution in [2.75, 3.05) is 32.7 Å². The number of amides is 1. The summed E-state index contributed by atoms with van der Waals surface area (Å²) in [7, 11) is 0. The van der Waals surface area contributed by atoms with Crippen LogP contribution in [-0.2, 0) is 6.54 Å². The number of carbonyl (C=O) groups is 1. The standard InChI is InChI=1S/C28H36N4O/c1-20(2)18-29-28(33)26-23-12-8-9-13-25(23)30-27(22-10-6-5-7-11-22)24(26)19-31-14-16-32(17-15-31)21(3)4/h5-13,20-21H,14-19H2,1-4H3,(H,29,33). The number of benzene rings is 2. The molecule has 4 rings (SSSR count). The van der Waals surface area contributed by atoms with E-state index in [-0.39, 0.29) is 5.91 Å². The lowest BCUT2D eigenvalue weighted by Gasteiger charge is -2.37. The van der Waals surface area contributed by atoms with Crippen LogP contribution in [0.15, 0.2) is 54.6 Å². The van der Waals surface area contributed by atoms with E-state index in [2.05, 4.69) is 54.9 Å². The van der Waals surface area contributed by atoms with E-state index in [1.807, 2.05) is 42.5 Å². The highest BCUT2D eigenvalue weighted by atomic mass is 16.1. The molecule has 1 aliphatic heterocycles. The van der Waals surface area contributed by atoms with Crippen molar-refractivity contribution in [1.82, 2.24) is 20.1 Å². The van der Waals surface area contributed by atoms with Gasteiger partial charge < -0.3 is 5.32 Å². The minimum Gasteiger partial charge on any atom is -0.352 e. The Morgan fingerprint density at radius 3 is 2.27 bits per heavy atom. The third-order valence-electron chi connectivity index (χ3n) is 6.46. The van der Waals surface area contributed by atoms with Crippen LogP contribution < -0.4 is 5.32 Å². The maximum absolute atomic E-state index is 13.6. The van der Waals surface area contributed by atoms with Gasteiger partial charge in [0.25, 0.3) is 5.91 Å². The zero-order valence-corrected chi connectivity index (χ0v) is 20.3. The molecule has 1 N–H and O–H groups in total. The SMILES string of the molecule is CC(C)CNC(=O)c1c(CN2CCN(C(C)C)CC2)c(-c2ccccc2)nc2ccccc12. The summed E-state index contributed by atoms with van der Waals surface area (Å²) in [6.07, 6.45) is 0. The number of carbonyl (C=O) groups excluding carboxylic acids is 1. The summed E-state index contributed by atoms with van der Waals surface area (Å²) in [4.78, 5) is 23.6. The molecule has 0 bridgehead atoms. The molecule has 5 heteroatoms. The molecule has 0 spiro atoms. The van der Waals surface area contributed by atoms with Crippen molar-refractivity contribution in [2.24, 2.45) is 5.92 Å². The van der Waals surface area contributed by atoms with Crippen LogP contribution in [0.1, 0.15) is 43.6 Å². The van der Waals surface area contributed by atoms with Gasteiger partial charge in [0.2, 0.25) is 0 Å². The molecule has 1 amide bonds. The predicted octanol–water partition coefficient (Wildman–Crippen LogP) is 4.81. The van der Waals surface area contributed by atoms with Crippen molar-refractivity contribution in [3.05, 3.63) is 65.7 Å². The van der Waals surface area contributed by atoms with Crippen molar-refractivity contribution in [3.63, 3.8) is 0 Å². The van der Waals surface area contributed by atoms with Gasteiger partial charge in [-0.2, -0.15) is 0 Å². The van der Waals surface area contributed by atoms with E-state index in [0.29, 0.717) is 18.5 Å². The molecule has 0 radical (unpaired) electrons. The number of hydrogen-bond donors (Lipinski definition) is 1. The molecule has 3 aromatic rings. The quantitative estimate of drug-likeness (QED) is 0.568. The number of rotatable bonds is 7. The van der Waals surface area contributed by atoms with Crippen LogP contribution >= 0.6 is 0 Å². The van der Waals surface area contributed by atoms with Gasteiger partial charge in [-0.25, -0.2) is 4.98 Å². The highest BCUT2D eigenvalue weighted by Gasteiger charge is 2.25. The van der Waals surface area contributed by atoms with Gasteiger partial charge in [-0.15, -0.1) is 0 Å². The zero-order valence-electron chi connectivity index (χ0n) is 20.3. The van der Waals surface area contributed by atoms with Gasteiger partial charge in [-0.05, 0) is 25.8 Å². The third kappa shape index (κ3) is 5.43. The number of para-hydroxylation sites is 1. The molecule has 33 heavy (non-hydrogen) atoms. The molecule has 1 aliphatic rings. The molecule has 1 aromatic heterocycles. The van der Waals surface area contributed by atoms with Gasteiger partial charge in [0.1, 0.15) is 0 Å². The van der Waals surface area contributed by atoms with Gasteiger partial charge >= 0.3 is 0 Å². The zero-order chi connectivity index (χ0) is 23.4. The van der Waals surface area contributed by atoms with Gasteiger partial charge in [-0.3, -0.25) is 14.6 Å². The minimum absolute atomic E-state index is 0.00435. The first-order valence-corrected chi connectivity index (χ1v) is 12.2. The number of hydrogen-bond acceptors (Lipinski definition) is 4. The van der Waals surface area contributed by atoms with E-state index in [1.54, 1.807) is 0 Å². The first-order valence-electron chi connectivity index (χ1n) is 12.2. The lowest BCUT2D eigenvalue weighted by molar-refractivity contribution is 0.0939. The second-order valence-electron chi connectivity index (χ2n) is 9.71. The molecule has 2 heterocycles. The van der Waals surface area contributed by atoms with E-state index >= 15 is 0 Å². The Bertz CT molecular complexity index is 1090. The van der Waals surface area contributed by atoms with Crippen LogP contribution in [0.5, 0.6) is 0 Å². The Labute approximate surface area is 197 Å². The van der Waals surface area contributed by atoms with Crippen molar-refractivity contribution < 1.29 is 4.79 Å². The molecular formula is C28H36N4O. The molecular weight excluding hydrogens is 408 g/mol. The summed E-state index contributed by atoms with van der Waals surface area (Å²) in [6.45, 7) is 14.2. The Morgan fingerprint density at radius 2 is 1.61 bits per heavy atom. The van der Waals surface area contributed by atoms with Crippen molar-refractivity contribution in [1.29, 1.82) is 0 Å². The number of piperazine rings is 1. The summed E-state index contributed by atoms with van der Waals surface area (Å²) in [5.41, 5.74) is 4.62. The van der Waals surface area contributed by atoms with Crippen molar-refractivity contribution in [2.45, 2.75) is 40.3 Å². The summed E-state index contributed by atoms with van der Waals surface area (Å²) in [5.74, 6) is 0.388. The Hall–Kier alpha value is -2.76. The average molecular weight is 445 g/mol. The highest BCUT2D eigenvalue weighted by molar-refractivity contribution is 6.09. The molecule has 5 nitrogen and oxygen atoms in total. The largest absolute Gasteiger partial charge is 0.352 e. The Morgan fingerprint density at radius 1 is 0.939 bits per heavy atom. The number of fused-ring (bicyclic) bond motifs is 1. The number of nitrogens with zero attached hydrogens (tertiary/aromatic N) is 3. The fraction of sp³-hybridized carbons (Fsp3) is 0.429. The van der Waals surface area contributed by atoms with E-state index < -0.39 is 0 Å². The fourth-order valence-electron chi connectivity index (χ4n) is 4.55. The third-order valence-corrected chi connectivity index (χ3v) is 6.46. The van der Waals surface area contributed by atoms with Crippen LogP contribution in [0.3, 0.4) is 0 Å². The second-order valence-corrected chi connectivity index (χ2v) is 9.71. The van der Waals surface area contributed by atoms with Gasteiger partial charge in [0.05, 0.1) is 16.8 Å². The van der Waals surface area contributed by atoms with Gasteiger partial charge in [0, 0.05) is 61.8 Å². The Balaban J connectivity index is 1.80. The lowest BCUT2D eigenvalue weighted by Crippen LogP contribution is -2.48. The van der Waals surface area contributed by atoms with E-state index in [9.17, 15) is 4.79 Å². The molecule has 0 saturated carbocycles. The first-order chi connectivity index (χ1) is 15.9. The van der Waals surface area contributed by atoms with Crippen LogP contribution in [0.25, 0.3) is 22.2 Å². The summed E-state index contributed by atoms with van der Waals surface area (Å²) in [6, 6.07) is 18.9. The highest BCUT2D eigenvalue weighted by Crippen LogP contribution is 2.31. The second kappa shape index (κ2) is 10.4. The van der Waals surface area contributed by atoms with Crippen molar-refractivity contribution >= 4 is 16.8 Å². The normalized spacial score (nSPS) is 15.5. The fourth-order valence-corrected chi connectivity index (χ4v) is 4.55. The van der Waals surface area contributed by atoms with Crippen LogP contribution in [-0.4, -0.2) is 59.5 Å².